The summed E-state index contributed by atoms with van der Waals surface area (Å²) in [6, 6.07) is 8.96. The molecule has 11 heteroatoms. The maximum absolute atomic E-state index is 14.6. The maximum Gasteiger partial charge on any atom is 0.417 e. The summed E-state index contributed by atoms with van der Waals surface area (Å²) in [5.41, 5.74) is 0.995. The number of halogens is 5. The summed E-state index contributed by atoms with van der Waals surface area (Å²) < 4.78 is 67.7. The van der Waals surface area contributed by atoms with E-state index < -0.39 is 48.5 Å². The SMILES string of the molecule is Cc1cccc(-c2sc(C)nc2C(=O)N2CC(F)(F)C[C@@H](C)C2CNc2ccc(C(F)(F)F)cn2)c1. The minimum absolute atomic E-state index is 0.0459. The average molecular weight is 525 g/mol. The summed E-state index contributed by atoms with van der Waals surface area (Å²) in [7, 11) is 0. The standard InChI is InChI=1S/C25H25F5N4OS/c1-14-5-4-6-17(9-14)22-21(33-16(3)36-22)23(35)34-13-24(26,27)10-15(2)19(34)12-32-20-8-7-18(11-31-20)25(28,29)30/h4-9,11,15,19H,10,12-13H2,1-3H3,(H,31,32)/t15-,19?/m1/s1. The number of carbonyl (C=O) groups is 1. The quantitative estimate of drug-likeness (QED) is 0.391. The van der Waals surface area contributed by atoms with Gasteiger partial charge in [-0.15, -0.1) is 11.3 Å². The van der Waals surface area contributed by atoms with Crippen LogP contribution in [0.5, 0.6) is 0 Å². The van der Waals surface area contributed by atoms with Crippen molar-refractivity contribution in [2.24, 2.45) is 5.92 Å². The molecule has 1 aliphatic rings. The number of pyridine rings is 1. The molecule has 36 heavy (non-hydrogen) atoms. The van der Waals surface area contributed by atoms with Crippen molar-refractivity contribution < 1.29 is 26.7 Å². The maximum atomic E-state index is 14.6. The van der Waals surface area contributed by atoms with Gasteiger partial charge in [0.25, 0.3) is 11.8 Å². The van der Waals surface area contributed by atoms with Crippen LogP contribution in [0, 0.1) is 19.8 Å². The fourth-order valence-electron chi connectivity index (χ4n) is 4.44. The predicted octanol–water partition coefficient (Wildman–Crippen LogP) is 6.44. The molecule has 3 heterocycles. The van der Waals surface area contributed by atoms with E-state index in [1.165, 1.54) is 17.4 Å². The Bertz CT molecular complexity index is 1240. The fraction of sp³-hybridized carbons (Fsp3) is 0.400. The van der Waals surface area contributed by atoms with Crippen LogP contribution in [-0.2, 0) is 6.18 Å². The van der Waals surface area contributed by atoms with Gasteiger partial charge in [-0.25, -0.2) is 18.7 Å². The van der Waals surface area contributed by atoms with Gasteiger partial charge in [0.2, 0.25) is 0 Å². The largest absolute Gasteiger partial charge is 0.417 e. The number of benzene rings is 1. The van der Waals surface area contributed by atoms with E-state index in [0.29, 0.717) is 16.1 Å². The van der Waals surface area contributed by atoms with Crippen molar-refractivity contribution in [1.82, 2.24) is 14.9 Å². The first kappa shape index (κ1) is 26.0. The van der Waals surface area contributed by atoms with E-state index in [2.05, 4.69) is 15.3 Å². The molecule has 4 rings (SSSR count). The van der Waals surface area contributed by atoms with Crippen LogP contribution in [0.25, 0.3) is 10.4 Å². The molecule has 3 aromatic rings. The van der Waals surface area contributed by atoms with Crippen LogP contribution in [0.2, 0.25) is 0 Å². The Hall–Kier alpha value is -3.08. The Morgan fingerprint density at radius 1 is 1.22 bits per heavy atom. The minimum Gasteiger partial charge on any atom is -0.368 e. The van der Waals surface area contributed by atoms with Crippen LogP contribution in [-0.4, -0.2) is 45.8 Å². The van der Waals surface area contributed by atoms with Crippen molar-refractivity contribution in [2.45, 2.75) is 45.3 Å². The topological polar surface area (TPSA) is 58.1 Å². The van der Waals surface area contributed by atoms with Crippen molar-refractivity contribution >= 4 is 23.1 Å². The van der Waals surface area contributed by atoms with E-state index in [1.54, 1.807) is 13.8 Å². The third-order valence-electron chi connectivity index (χ3n) is 6.14. The van der Waals surface area contributed by atoms with Crippen LogP contribution in [0.4, 0.5) is 27.8 Å². The van der Waals surface area contributed by atoms with Gasteiger partial charge in [-0.05, 0) is 37.5 Å². The van der Waals surface area contributed by atoms with Gasteiger partial charge in [0.1, 0.15) is 11.5 Å². The number of carbonyl (C=O) groups excluding carboxylic acids is 1. The number of anilines is 1. The van der Waals surface area contributed by atoms with Crippen LogP contribution in [0.3, 0.4) is 0 Å². The molecule has 192 valence electrons. The van der Waals surface area contributed by atoms with Gasteiger partial charge in [0.15, 0.2) is 0 Å². The second kappa shape index (κ2) is 9.76. The highest BCUT2D eigenvalue weighted by molar-refractivity contribution is 7.15. The number of hydrogen-bond donors (Lipinski definition) is 1. The lowest BCUT2D eigenvalue weighted by Crippen LogP contribution is -2.57. The lowest BCUT2D eigenvalue weighted by molar-refractivity contribution is -0.137. The molecule has 0 spiro atoms. The van der Waals surface area contributed by atoms with Gasteiger partial charge in [-0.2, -0.15) is 13.2 Å². The van der Waals surface area contributed by atoms with E-state index >= 15 is 0 Å². The molecule has 1 unspecified atom stereocenters. The molecule has 1 amide bonds. The fourth-order valence-corrected chi connectivity index (χ4v) is 5.35. The molecule has 1 saturated heterocycles. The Morgan fingerprint density at radius 3 is 2.61 bits per heavy atom. The highest BCUT2D eigenvalue weighted by atomic mass is 32.1. The molecule has 0 aliphatic carbocycles. The molecule has 1 aliphatic heterocycles. The number of nitrogens with zero attached hydrogens (tertiary/aromatic N) is 3. The Kier molecular flexibility index (Phi) is 7.05. The number of aryl methyl sites for hydroxylation is 2. The molecule has 1 aromatic carbocycles. The number of rotatable bonds is 5. The molecule has 0 bridgehead atoms. The van der Waals surface area contributed by atoms with E-state index in [-0.39, 0.29) is 18.1 Å². The Balaban J connectivity index is 1.61. The Morgan fingerprint density at radius 2 is 1.97 bits per heavy atom. The monoisotopic (exact) mass is 524 g/mol. The van der Waals surface area contributed by atoms with Gasteiger partial charge in [-0.3, -0.25) is 4.79 Å². The Labute approximate surface area is 209 Å². The summed E-state index contributed by atoms with van der Waals surface area (Å²) in [4.78, 5) is 23.6. The van der Waals surface area contributed by atoms with Gasteiger partial charge < -0.3 is 10.2 Å². The van der Waals surface area contributed by atoms with E-state index in [4.69, 9.17) is 0 Å². The first-order chi connectivity index (χ1) is 16.8. The zero-order valence-electron chi connectivity index (χ0n) is 19.9. The van der Waals surface area contributed by atoms with Gasteiger partial charge in [0.05, 0.1) is 28.0 Å². The zero-order valence-corrected chi connectivity index (χ0v) is 20.7. The summed E-state index contributed by atoms with van der Waals surface area (Å²) >= 11 is 1.32. The van der Waals surface area contributed by atoms with Crippen LogP contribution in [0.15, 0.2) is 42.6 Å². The summed E-state index contributed by atoms with van der Waals surface area (Å²) in [5.74, 6) is -4.10. The number of thiazole rings is 1. The molecule has 0 radical (unpaired) electrons. The predicted molar refractivity (Wildman–Crippen MR) is 128 cm³/mol. The molecule has 2 aromatic heterocycles. The molecule has 0 saturated carbocycles. The molecule has 5 nitrogen and oxygen atoms in total. The molecule has 1 N–H and O–H groups in total. The number of nitrogens with one attached hydrogen (secondary N) is 1. The van der Waals surface area contributed by atoms with Crippen molar-refractivity contribution in [2.75, 3.05) is 18.4 Å². The van der Waals surface area contributed by atoms with E-state index in [1.807, 2.05) is 31.2 Å². The number of likely N-dealkylation sites (tertiary alicyclic amines) is 1. The third-order valence-corrected chi connectivity index (χ3v) is 7.16. The van der Waals surface area contributed by atoms with Gasteiger partial charge in [-0.1, -0.05) is 36.8 Å². The first-order valence-corrected chi connectivity index (χ1v) is 12.2. The molecule has 1 fully saturated rings. The number of hydrogen-bond acceptors (Lipinski definition) is 5. The average Bonchev–Trinajstić information content (AvgIpc) is 3.18. The smallest absolute Gasteiger partial charge is 0.368 e. The van der Waals surface area contributed by atoms with Crippen molar-refractivity contribution in [3.05, 3.63) is 64.4 Å². The van der Waals surface area contributed by atoms with Crippen molar-refractivity contribution in [1.29, 1.82) is 0 Å². The lowest BCUT2D eigenvalue weighted by atomic mass is 9.88. The van der Waals surface area contributed by atoms with Crippen molar-refractivity contribution in [3.63, 3.8) is 0 Å². The summed E-state index contributed by atoms with van der Waals surface area (Å²) in [5, 5.41) is 3.55. The third kappa shape index (κ3) is 5.66. The highest BCUT2D eigenvalue weighted by Crippen LogP contribution is 2.38. The number of aromatic nitrogens is 2. The molecular formula is C25H25F5N4OS. The zero-order chi connectivity index (χ0) is 26.3. The van der Waals surface area contributed by atoms with E-state index in [9.17, 15) is 26.7 Å². The van der Waals surface area contributed by atoms with Crippen LogP contribution in [0.1, 0.15) is 40.0 Å². The number of amides is 1. The normalized spacial score (nSPS) is 19.8. The number of piperidine rings is 1. The summed E-state index contributed by atoms with van der Waals surface area (Å²) in [6.07, 6.45) is -4.22. The van der Waals surface area contributed by atoms with Crippen LogP contribution < -0.4 is 5.32 Å². The molecule has 2 atom stereocenters. The van der Waals surface area contributed by atoms with E-state index in [0.717, 1.165) is 22.1 Å². The highest BCUT2D eigenvalue weighted by Gasteiger charge is 2.46. The van der Waals surface area contributed by atoms with Gasteiger partial charge in [0, 0.05) is 19.2 Å². The van der Waals surface area contributed by atoms with Crippen LogP contribution >= 0.6 is 11.3 Å². The molecular weight excluding hydrogens is 499 g/mol. The minimum atomic E-state index is -4.51. The number of alkyl halides is 5. The summed E-state index contributed by atoms with van der Waals surface area (Å²) in [6.45, 7) is 4.58. The van der Waals surface area contributed by atoms with Crippen molar-refractivity contribution in [3.8, 4) is 10.4 Å². The van der Waals surface area contributed by atoms with Gasteiger partial charge >= 0.3 is 6.18 Å². The second-order valence-corrected chi connectivity index (χ2v) is 10.3. The first-order valence-electron chi connectivity index (χ1n) is 11.3. The second-order valence-electron chi connectivity index (χ2n) is 9.13. The lowest BCUT2D eigenvalue weighted by Gasteiger charge is -2.43.